The molecule has 0 unspecified atom stereocenters. The molecule has 5 nitrogen and oxygen atoms in total. The second-order valence-electron chi connectivity index (χ2n) is 3.84. The van der Waals surface area contributed by atoms with Gasteiger partial charge in [0.1, 0.15) is 12.4 Å². The first kappa shape index (κ1) is 11.1. The highest BCUT2D eigenvalue weighted by Gasteiger charge is 2.35. The predicted octanol–water partition coefficient (Wildman–Crippen LogP) is -0.0291. The molecule has 0 aromatic heterocycles. The molecule has 0 aromatic carbocycles. The molecule has 2 N–H and O–H groups in total. The molecule has 1 amide bonds. The average Bonchev–Trinajstić information content (AvgIpc) is 1.99. The molecule has 0 spiro atoms. The number of hydrogen-bond donors (Lipinski definition) is 1. The molecule has 1 heterocycles. The smallest absolute Gasteiger partial charge is 0.220 e. The van der Waals surface area contributed by atoms with Crippen molar-refractivity contribution >= 4 is 12.2 Å². The fourth-order valence-electron chi connectivity index (χ4n) is 1.58. The monoisotopic (exact) mass is 201 g/mol. The molecule has 80 valence electrons. The minimum atomic E-state index is -0.829. The maximum absolute atomic E-state index is 10.7. The molecule has 0 aliphatic carbocycles. The van der Waals surface area contributed by atoms with Crippen molar-refractivity contribution in [1.29, 1.82) is 0 Å². The van der Waals surface area contributed by atoms with E-state index < -0.39 is 17.8 Å². The zero-order valence-corrected chi connectivity index (χ0v) is 8.36. The molecule has 1 aliphatic rings. The third-order valence-corrected chi connectivity index (χ3v) is 1.96. The number of rotatable bonds is 3. The number of ether oxygens (including phenoxy) is 2. The third kappa shape index (κ3) is 3.08. The standard InChI is InChI=1S/C9H15NO4/c1-9(2)13-6(4-8(10)12)3-7(5-11)14-9/h5-7H,3-4H2,1-2H3,(H2,10,12)/t6-,7+/m1/s1. The van der Waals surface area contributed by atoms with Crippen LogP contribution in [0.4, 0.5) is 0 Å². The van der Waals surface area contributed by atoms with Crippen LogP contribution in [0.15, 0.2) is 0 Å². The lowest BCUT2D eigenvalue weighted by molar-refractivity contribution is -0.290. The van der Waals surface area contributed by atoms with Crippen LogP contribution in [0, 0.1) is 0 Å². The Hall–Kier alpha value is -0.940. The Bertz CT molecular complexity index is 239. The lowest BCUT2D eigenvalue weighted by Gasteiger charge is -2.38. The number of carbonyl (C=O) groups is 2. The Balaban J connectivity index is 2.60. The molecular formula is C9H15NO4. The lowest BCUT2D eigenvalue weighted by Crippen LogP contribution is -2.46. The highest BCUT2D eigenvalue weighted by Crippen LogP contribution is 2.27. The first-order valence-corrected chi connectivity index (χ1v) is 4.52. The molecule has 1 aliphatic heterocycles. The van der Waals surface area contributed by atoms with E-state index in [0.717, 1.165) is 6.29 Å². The van der Waals surface area contributed by atoms with Crippen LogP contribution in [0.3, 0.4) is 0 Å². The third-order valence-electron chi connectivity index (χ3n) is 1.96. The Kier molecular flexibility index (Phi) is 3.23. The summed E-state index contributed by atoms with van der Waals surface area (Å²) in [5.41, 5.74) is 5.05. The van der Waals surface area contributed by atoms with Gasteiger partial charge in [-0.2, -0.15) is 0 Å². The highest BCUT2D eigenvalue weighted by molar-refractivity contribution is 5.74. The average molecular weight is 201 g/mol. The van der Waals surface area contributed by atoms with Crippen molar-refractivity contribution in [1.82, 2.24) is 0 Å². The van der Waals surface area contributed by atoms with Crippen LogP contribution in [0.25, 0.3) is 0 Å². The number of aldehydes is 1. The van der Waals surface area contributed by atoms with Crippen molar-refractivity contribution in [2.24, 2.45) is 5.73 Å². The second-order valence-corrected chi connectivity index (χ2v) is 3.84. The number of hydrogen-bond acceptors (Lipinski definition) is 4. The Morgan fingerprint density at radius 2 is 2.21 bits per heavy atom. The largest absolute Gasteiger partial charge is 0.370 e. The van der Waals surface area contributed by atoms with Crippen molar-refractivity contribution in [2.45, 2.75) is 44.7 Å². The SMILES string of the molecule is CC1(C)O[C@@H](CC(N)=O)C[C@@H](C=O)O1. The van der Waals surface area contributed by atoms with Gasteiger partial charge in [0.05, 0.1) is 12.5 Å². The molecule has 0 aromatic rings. The highest BCUT2D eigenvalue weighted by atomic mass is 16.7. The molecule has 0 saturated carbocycles. The van der Waals surface area contributed by atoms with Crippen molar-refractivity contribution < 1.29 is 19.1 Å². The van der Waals surface area contributed by atoms with Gasteiger partial charge in [-0.25, -0.2) is 0 Å². The summed E-state index contributed by atoms with van der Waals surface area (Å²) < 4.78 is 10.7. The van der Waals surface area contributed by atoms with E-state index in [-0.39, 0.29) is 12.5 Å². The van der Waals surface area contributed by atoms with E-state index in [1.807, 2.05) is 0 Å². The van der Waals surface area contributed by atoms with E-state index in [2.05, 4.69) is 0 Å². The van der Waals surface area contributed by atoms with Gasteiger partial charge in [-0.3, -0.25) is 4.79 Å². The van der Waals surface area contributed by atoms with Crippen molar-refractivity contribution in [2.75, 3.05) is 0 Å². The predicted molar refractivity (Wildman–Crippen MR) is 48.3 cm³/mol. The second kappa shape index (κ2) is 4.06. The molecule has 2 atom stereocenters. The van der Waals surface area contributed by atoms with E-state index in [1.54, 1.807) is 13.8 Å². The van der Waals surface area contributed by atoms with Gasteiger partial charge >= 0.3 is 0 Å². The zero-order chi connectivity index (χ0) is 10.8. The normalized spacial score (nSPS) is 31.0. The fourth-order valence-corrected chi connectivity index (χ4v) is 1.58. The fraction of sp³-hybridized carbons (Fsp3) is 0.778. The quantitative estimate of drug-likeness (QED) is 0.650. The van der Waals surface area contributed by atoms with Gasteiger partial charge < -0.3 is 20.0 Å². The van der Waals surface area contributed by atoms with Crippen LogP contribution in [-0.2, 0) is 19.1 Å². The topological polar surface area (TPSA) is 78.6 Å². The first-order valence-electron chi connectivity index (χ1n) is 4.52. The summed E-state index contributed by atoms with van der Waals surface area (Å²) in [6, 6.07) is 0. The maximum Gasteiger partial charge on any atom is 0.220 e. The molecule has 0 bridgehead atoms. The molecule has 1 fully saturated rings. The summed E-state index contributed by atoms with van der Waals surface area (Å²) in [7, 11) is 0. The summed E-state index contributed by atoms with van der Waals surface area (Å²) in [4.78, 5) is 21.3. The van der Waals surface area contributed by atoms with Gasteiger partial charge in [0.25, 0.3) is 0 Å². The molecule has 1 rings (SSSR count). The van der Waals surface area contributed by atoms with Crippen molar-refractivity contribution in [3.05, 3.63) is 0 Å². The van der Waals surface area contributed by atoms with Crippen LogP contribution in [0.2, 0.25) is 0 Å². The van der Waals surface area contributed by atoms with Gasteiger partial charge in [-0.05, 0) is 13.8 Å². The van der Waals surface area contributed by atoms with Crippen LogP contribution < -0.4 is 5.73 Å². The van der Waals surface area contributed by atoms with Crippen LogP contribution >= 0.6 is 0 Å². The van der Waals surface area contributed by atoms with Crippen LogP contribution in [0.5, 0.6) is 0 Å². The Morgan fingerprint density at radius 1 is 1.57 bits per heavy atom. The van der Waals surface area contributed by atoms with E-state index in [0.29, 0.717) is 6.42 Å². The summed E-state index contributed by atoms with van der Waals surface area (Å²) in [5, 5.41) is 0. The Morgan fingerprint density at radius 3 is 2.71 bits per heavy atom. The zero-order valence-electron chi connectivity index (χ0n) is 8.36. The van der Waals surface area contributed by atoms with Gasteiger partial charge in [0.15, 0.2) is 5.79 Å². The summed E-state index contributed by atoms with van der Waals surface area (Å²) in [6.07, 6.45) is 0.389. The van der Waals surface area contributed by atoms with E-state index >= 15 is 0 Å². The van der Waals surface area contributed by atoms with Crippen molar-refractivity contribution in [3.63, 3.8) is 0 Å². The first-order chi connectivity index (χ1) is 6.43. The van der Waals surface area contributed by atoms with E-state index in [4.69, 9.17) is 15.2 Å². The van der Waals surface area contributed by atoms with Gasteiger partial charge in [-0.15, -0.1) is 0 Å². The van der Waals surface area contributed by atoms with Crippen molar-refractivity contribution in [3.8, 4) is 0 Å². The molecule has 1 saturated heterocycles. The van der Waals surface area contributed by atoms with Gasteiger partial charge in [-0.1, -0.05) is 0 Å². The minimum absolute atomic E-state index is 0.122. The van der Waals surface area contributed by atoms with Gasteiger partial charge in [0.2, 0.25) is 5.91 Å². The molecule has 0 radical (unpaired) electrons. The number of nitrogens with two attached hydrogens (primary N) is 1. The number of amides is 1. The molecular weight excluding hydrogens is 186 g/mol. The number of primary amides is 1. The Labute approximate surface area is 82.5 Å². The molecule has 5 heteroatoms. The molecule has 14 heavy (non-hydrogen) atoms. The lowest BCUT2D eigenvalue weighted by atomic mass is 10.1. The van der Waals surface area contributed by atoms with Crippen LogP contribution in [0.1, 0.15) is 26.7 Å². The maximum atomic E-state index is 10.7. The number of carbonyl (C=O) groups excluding carboxylic acids is 2. The summed E-state index contributed by atoms with van der Waals surface area (Å²) in [5.74, 6) is -1.26. The van der Waals surface area contributed by atoms with E-state index in [9.17, 15) is 9.59 Å². The summed E-state index contributed by atoms with van der Waals surface area (Å²) in [6.45, 7) is 3.41. The van der Waals surface area contributed by atoms with Crippen LogP contribution in [-0.4, -0.2) is 30.2 Å². The van der Waals surface area contributed by atoms with Gasteiger partial charge in [0, 0.05) is 6.42 Å². The minimum Gasteiger partial charge on any atom is -0.370 e. The summed E-state index contributed by atoms with van der Waals surface area (Å²) >= 11 is 0. The van der Waals surface area contributed by atoms with E-state index in [1.165, 1.54) is 0 Å².